The third-order valence-electron chi connectivity index (χ3n) is 6.01. The number of ether oxygens (including phenoxy) is 2. The molecule has 2 aromatic carbocycles. The Labute approximate surface area is 233 Å². The van der Waals surface area contributed by atoms with Gasteiger partial charge in [0.2, 0.25) is 0 Å². The Kier molecular flexibility index (Phi) is 14.0. The second kappa shape index (κ2) is 17.4. The van der Waals surface area contributed by atoms with Crippen LogP contribution in [0, 0.1) is 11.8 Å². The molecule has 40 heavy (non-hydrogen) atoms. The number of hydrogen-bond acceptors (Lipinski definition) is 8. The van der Waals surface area contributed by atoms with E-state index in [1.807, 2.05) is 60.7 Å². The largest absolute Gasteiger partial charge is 0.473 e. The molecule has 0 aromatic heterocycles. The van der Waals surface area contributed by atoms with Gasteiger partial charge < -0.3 is 40.1 Å². The van der Waals surface area contributed by atoms with Gasteiger partial charge in [0, 0.05) is 65.2 Å². The number of nitrogens with zero attached hydrogens (tertiary/aromatic N) is 2. The second-order valence-electron chi connectivity index (χ2n) is 9.50. The van der Waals surface area contributed by atoms with Gasteiger partial charge in [0.15, 0.2) is 0 Å². The molecule has 218 valence electrons. The molecule has 4 N–H and O–H groups in total. The summed E-state index contributed by atoms with van der Waals surface area (Å²) >= 11 is 0. The highest BCUT2D eigenvalue weighted by atomic mass is 16.6. The summed E-state index contributed by atoms with van der Waals surface area (Å²) in [7, 11) is 3.57. The SMILES string of the molecule is CN(CC1CNC1)C(=O)OCc1ccccc1.CN(CC1CNC1)C(=O)OCc1ccccc1.O=C(O)C(=O)O. The highest BCUT2D eigenvalue weighted by molar-refractivity contribution is 6.27. The first kappa shape index (κ1) is 32.1. The molecule has 2 saturated heterocycles. The lowest BCUT2D eigenvalue weighted by Crippen LogP contribution is -2.48. The molecule has 0 bridgehead atoms. The molecule has 0 unspecified atom stereocenters. The number of rotatable bonds is 8. The highest BCUT2D eigenvalue weighted by Crippen LogP contribution is 2.08. The van der Waals surface area contributed by atoms with Crippen LogP contribution in [-0.2, 0) is 32.3 Å². The predicted octanol–water partition coefficient (Wildman–Crippen LogP) is 2.10. The minimum atomic E-state index is -1.82. The van der Waals surface area contributed by atoms with E-state index in [-0.39, 0.29) is 12.2 Å². The molecule has 0 aliphatic carbocycles. The van der Waals surface area contributed by atoms with Crippen LogP contribution in [0.2, 0.25) is 0 Å². The zero-order valence-corrected chi connectivity index (χ0v) is 22.8. The van der Waals surface area contributed by atoms with Crippen molar-refractivity contribution in [1.82, 2.24) is 20.4 Å². The van der Waals surface area contributed by atoms with E-state index in [0.717, 1.165) is 50.4 Å². The Morgan fingerprint density at radius 2 is 1.00 bits per heavy atom. The van der Waals surface area contributed by atoms with E-state index in [9.17, 15) is 9.59 Å². The summed E-state index contributed by atoms with van der Waals surface area (Å²) in [5, 5.41) is 21.2. The Balaban J connectivity index is 0.000000234. The summed E-state index contributed by atoms with van der Waals surface area (Å²) in [6.07, 6.45) is -0.499. The predicted molar refractivity (Wildman–Crippen MR) is 147 cm³/mol. The first-order valence-electron chi connectivity index (χ1n) is 12.9. The molecule has 2 aromatic rings. The lowest BCUT2D eigenvalue weighted by Gasteiger charge is -2.30. The highest BCUT2D eigenvalue weighted by Gasteiger charge is 2.22. The fourth-order valence-electron chi connectivity index (χ4n) is 3.54. The van der Waals surface area contributed by atoms with Crippen molar-refractivity contribution in [3.05, 3.63) is 71.8 Å². The van der Waals surface area contributed by atoms with Gasteiger partial charge in [-0.25, -0.2) is 19.2 Å². The first-order chi connectivity index (χ1) is 19.2. The summed E-state index contributed by atoms with van der Waals surface area (Å²) in [5.41, 5.74) is 2.03. The van der Waals surface area contributed by atoms with Crippen molar-refractivity contribution in [2.24, 2.45) is 11.8 Å². The molecule has 0 saturated carbocycles. The number of carboxylic acids is 2. The molecule has 2 aliphatic rings. The molecule has 4 rings (SSSR count). The third-order valence-corrected chi connectivity index (χ3v) is 6.01. The third kappa shape index (κ3) is 12.6. The van der Waals surface area contributed by atoms with Crippen LogP contribution in [0.3, 0.4) is 0 Å². The van der Waals surface area contributed by atoms with Gasteiger partial charge in [0.25, 0.3) is 0 Å². The van der Waals surface area contributed by atoms with Gasteiger partial charge in [0.1, 0.15) is 13.2 Å². The minimum Gasteiger partial charge on any atom is -0.473 e. The quantitative estimate of drug-likeness (QED) is 0.354. The van der Waals surface area contributed by atoms with Gasteiger partial charge in [0.05, 0.1) is 0 Å². The van der Waals surface area contributed by atoms with Crippen LogP contribution < -0.4 is 10.6 Å². The van der Waals surface area contributed by atoms with Crippen LogP contribution in [0.15, 0.2) is 60.7 Å². The van der Waals surface area contributed by atoms with Crippen molar-refractivity contribution in [2.75, 3.05) is 53.4 Å². The van der Waals surface area contributed by atoms with E-state index >= 15 is 0 Å². The van der Waals surface area contributed by atoms with Crippen molar-refractivity contribution < 1.29 is 38.9 Å². The number of aliphatic carboxylic acids is 2. The van der Waals surface area contributed by atoms with Crippen LogP contribution in [0.1, 0.15) is 11.1 Å². The summed E-state index contributed by atoms with van der Waals surface area (Å²) in [5.74, 6) is -2.50. The van der Waals surface area contributed by atoms with Gasteiger partial charge in [-0.3, -0.25) is 0 Å². The van der Waals surface area contributed by atoms with Crippen LogP contribution >= 0.6 is 0 Å². The molecule has 2 fully saturated rings. The van der Waals surface area contributed by atoms with Gasteiger partial charge in [-0.1, -0.05) is 60.7 Å². The van der Waals surface area contributed by atoms with Gasteiger partial charge in [-0.05, 0) is 11.1 Å². The van der Waals surface area contributed by atoms with Crippen LogP contribution in [0.25, 0.3) is 0 Å². The molecule has 12 heteroatoms. The van der Waals surface area contributed by atoms with Crippen LogP contribution in [0.5, 0.6) is 0 Å². The standard InChI is InChI=1S/2C13H18N2O2.C2H2O4/c2*1-15(9-12-7-14-8-12)13(16)17-10-11-5-3-2-4-6-11;3-1(4)2(5)6/h2*2-6,12,14H,7-10H2,1H3;(H,3,4)(H,5,6). The van der Waals surface area contributed by atoms with E-state index in [4.69, 9.17) is 29.3 Å². The van der Waals surface area contributed by atoms with Gasteiger partial charge >= 0.3 is 24.1 Å². The number of amides is 2. The maximum absolute atomic E-state index is 11.7. The Bertz CT molecular complexity index is 977. The summed E-state index contributed by atoms with van der Waals surface area (Å²) in [6.45, 7) is 6.19. The molecule has 0 spiro atoms. The second-order valence-corrected chi connectivity index (χ2v) is 9.50. The average molecular weight is 559 g/mol. The summed E-state index contributed by atoms with van der Waals surface area (Å²) < 4.78 is 10.5. The number of carboxylic acid groups (broad SMARTS) is 2. The zero-order valence-electron chi connectivity index (χ0n) is 22.8. The normalized spacial score (nSPS) is 13.9. The number of benzene rings is 2. The van der Waals surface area contributed by atoms with Gasteiger partial charge in [-0.15, -0.1) is 0 Å². The monoisotopic (exact) mass is 558 g/mol. The smallest absolute Gasteiger partial charge is 0.414 e. The van der Waals surface area contributed by atoms with Gasteiger partial charge in [-0.2, -0.15) is 0 Å². The van der Waals surface area contributed by atoms with Crippen molar-refractivity contribution in [2.45, 2.75) is 13.2 Å². The fourth-order valence-corrected chi connectivity index (χ4v) is 3.54. The molecule has 2 amide bonds. The molecule has 2 heterocycles. The summed E-state index contributed by atoms with van der Waals surface area (Å²) in [4.78, 5) is 44.8. The lowest BCUT2D eigenvalue weighted by atomic mass is 10.0. The topological polar surface area (TPSA) is 158 Å². The molecular formula is C28H38N4O8. The average Bonchev–Trinajstić information content (AvgIpc) is 2.91. The number of hydrogen-bond donors (Lipinski definition) is 4. The van der Waals surface area contributed by atoms with Crippen molar-refractivity contribution in [3.8, 4) is 0 Å². The number of carbonyl (C=O) groups is 4. The number of carbonyl (C=O) groups excluding carboxylic acids is 2. The minimum absolute atomic E-state index is 0.249. The van der Waals surface area contributed by atoms with E-state index in [1.54, 1.807) is 23.9 Å². The Hall–Kier alpha value is -4.16. The number of nitrogens with one attached hydrogen (secondary N) is 2. The van der Waals surface area contributed by atoms with Crippen LogP contribution in [-0.4, -0.2) is 97.5 Å². The maximum Gasteiger partial charge on any atom is 0.414 e. The summed E-state index contributed by atoms with van der Waals surface area (Å²) in [6, 6.07) is 19.4. The Morgan fingerprint density at radius 1 is 0.675 bits per heavy atom. The molecule has 12 nitrogen and oxygen atoms in total. The zero-order chi connectivity index (χ0) is 29.3. The molecule has 0 atom stereocenters. The maximum atomic E-state index is 11.7. The molecule has 0 radical (unpaired) electrons. The van der Waals surface area contributed by atoms with Crippen molar-refractivity contribution >= 4 is 24.1 Å². The Morgan fingerprint density at radius 3 is 1.25 bits per heavy atom. The van der Waals surface area contributed by atoms with E-state index in [2.05, 4.69) is 10.6 Å². The van der Waals surface area contributed by atoms with E-state index in [0.29, 0.717) is 25.0 Å². The first-order valence-corrected chi connectivity index (χ1v) is 12.9. The van der Waals surface area contributed by atoms with E-state index in [1.165, 1.54) is 0 Å². The molecular weight excluding hydrogens is 520 g/mol. The lowest BCUT2D eigenvalue weighted by molar-refractivity contribution is -0.159. The van der Waals surface area contributed by atoms with Crippen molar-refractivity contribution in [3.63, 3.8) is 0 Å². The van der Waals surface area contributed by atoms with Crippen LogP contribution in [0.4, 0.5) is 9.59 Å². The van der Waals surface area contributed by atoms with E-state index < -0.39 is 11.9 Å². The molecule has 2 aliphatic heterocycles. The fraction of sp³-hybridized carbons (Fsp3) is 0.429. The van der Waals surface area contributed by atoms with Crippen molar-refractivity contribution in [1.29, 1.82) is 0 Å².